The van der Waals surface area contributed by atoms with Crippen molar-refractivity contribution in [2.24, 2.45) is 0 Å². The Hall–Kier alpha value is -0.760. The number of hydrogen-bond donors (Lipinski definition) is 2. The van der Waals surface area contributed by atoms with Gasteiger partial charge in [0.15, 0.2) is 9.84 Å². The lowest BCUT2D eigenvalue weighted by Gasteiger charge is -2.16. The van der Waals surface area contributed by atoms with Crippen LogP contribution < -0.4 is 5.32 Å². The second-order valence-electron chi connectivity index (χ2n) is 4.52. The molecule has 1 aromatic carbocycles. The first kappa shape index (κ1) is 17.3. The van der Waals surface area contributed by atoms with Gasteiger partial charge in [0.05, 0.1) is 15.7 Å². The van der Waals surface area contributed by atoms with Gasteiger partial charge in [-0.25, -0.2) is 8.42 Å². The van der Waals surface area contributed by atoms with Crippen molar-refractivity contribution < 1.29 is 17.7 Å². The van der Waals surface area contributed by atoms with Crippen LogP contribution >= 0.6 is 0 Å². The molecule has 2 unspecified atom stereocenters. The minimum Gasteiger partial charge on any atom is -0.396 e. The number of nitrogens with one attached hydrogen (secondary N) is 1. The Labute approximate surface area is 122 Å². The number of benzene rings is 1. The Kier molecular flexibility index (Phi) is 6.81. The summed E-state index contributed by atoms with van der Waals surface area (Å²) in [5, 5.41) is 12.1. The molecule has 0 spiro atoms. The summed E-state index contributed by atoms with van der Waals surface area (Å²) < 4.78 is 34.9. The van der Waals surface area contributed by atoms with E-state index < -0.39 is 20.6 Å². The van der Waals surface area contributed by atoms with E-state index in [1.165, 1.54) is 12.1 Å². The average Bonchev–Trinajstić information content (AvgIpc) is 2.38. The van der Waals surface area contributed by atoms with Gasteiger partial charge in [0.2, 0.25) is 0 Å². The minimum atomic E-state index is -3.23. The van der Waals surface area contributed by atoms with Crippen molar-refractivity contribution in [3.8, 4) is 0 Å². The average molecular weight is 319 g/mol. The molecular formula is C13H21NO4S2. The standard InChI is InChI=1S/C13H21NO4S2/c1-3-14-11(8-9-15)10-19(16)12-4-6-13(7-5-12)20(2,17)18/h4-7,11,14-15H,3,8-10H2,1-2H3. The maximum Gasteiger partial charge on any atom is 0.175 e. The summed E-state index contributed by atoms with van der Waals surface area (Å²) in [5.41, 5.74) is 0. The van der Waals surface area contributed by atoms with Gasteiger partial charge in [-0.15, -0.1) is 0 Å². The van der Waals surface area contributed by atoms with Crippen LogP contribution in [0.3, 0.4) is 0 Å². The van der Waals surface area contributed by atoms with Crippen LogP contribution in [0.15, 0.2) is 34.1 Å². The first-order valence-corrected chi connectivity index (χ1v) is 9.62. The monoisotopic (exact) mass is 319 g/mol. The van der Waals surface area contributed by atoms with Gasteiger partial charge in [0, 0.05) is 29.6 Å². The third kappa shape index (κ3) is 5.32. The molecule has 2 N–H and O–H groups in total. The number of aliphatic hydroxyl groups is 1. The molecule has 0 aliphatic heterocycles. The van der Waals surface area contributed by atoms with Crippen molar-refractivity contribution in [1.82, 2.24) is 5.32 Å². The van der Waals surface area contributed by atoms with Crippen LogP contribution in [-0.2, 0) is 20.6 Å². The van der Waals surface area contributed by atoms with Crippen LogP contribution in [0.25, 0.3) is 0 Å². The topological polar surface area (TPSA) is 83.5 Å². The van der Waals surface area contributed by atoms with Crippen molar-refractivity contribution in [2.75, 3.05) is 25.2 Å². The molecule has 0 bridgehead atoms. The van der Waals surface area contributed by atoms with Crippen molar-refractivity contribution in [3.05, 3.63) is 24.3 Å². The Morgan fingerprint density at radius 3 is 2.35 bits per heavy atom. The summed E-state index contributed by atoms with van der Waals surface area (Å²) in [6, 6.07) is 6.08. The molecule has 0 aliphatic rings. The quantitative estimate of drug-likeness (QED) is 0.731. The molecule has 1 rings (SSSR count). The molecule has 0 aromatic heterocycles. The number of aliphatic hydroxyl groups excluding tert-OH is 1. The van der Waals surface area contributed by atoms with Crippen LogP contribution in [0.4, 0.5) is 0 Å². The molecule has 0 saturated heterocycles. The lowest BCUT2D eigenvalue weighted by molar-refractivity contribution is 0.270. The van der Waals surface area contributed by atoms with Crippen molar-refractivity contribution >= 4 is 20.6 Å². The fourth-order valence-electron chi connectivity index (χ4n) is 1.81. The summed E-state index contributed by atoms with van der Waals surface area (Å²) in [6.07, 6.45) is 1.68. The summed E-state index contributed by atoms with van der Waals surface area (Å²) in [6.45, 7) is 2.74. The molecule has 5 nitrogen and oxygen atoms in total. The Balaban J connectivity index is 2.77. The fourth-order valence-corrected chi connectivity index (χ4v) is 3.72. The van der Waals surface area contributed by atoms with Gasteiger partial charge in [0.1, 0.15) is 0 Å². The third-order valence-corrected chi connectivity index (χ3v) is 5.47. The molecule has 2 atom stereocenters. The lowest BCUT2D eigenvalue weighted by atomic mass is 10.2. The van der Waals surface area contributed by atoms with E-state index in [0.717, 1.165) is 12.8 Å². The van der Waals surface area contributed by atoms with E-state index in [4.69, 9.17) is 5.11 Å². The molecule has 20 heavy (non-hydrogen) atoms. The molecule has 0 amide bonds. The third-order valence-electron chi connectivity index (χ3n) is 2.84. The Morgan fingerprint density at radius 2 is 1.90 bits per heavy atom. The maximum atomic E-state index is 12.2. The van der Waals surface area contributed by atoms with E-state index >= 15 is 0 Å². The van der Waals surface area contributed by atoms with E-state index in [1.807, 2.05) is 6.92 Å². The number of sulfone groups is 1. The normalized spacial score (nSPS) is 14.9. The molecule has 0 saturated carbocycles. The summed E-state index contributed by atoms with van der Waals surface area (Å²) in [7, 11) is -4.45. The predicted molar refractivity (Wildman–Crippen MR) is 80.0 cm³/mol. The van der Waals surface area contributed by atoms with Gasteiger partial charge < -0.3 is 10.4 Å². The summed E-state index contributed by atoms with van der Waals surface area (Å²) in [5.74, 6) is 0.395. The highest BCUT2D eigenvalue weighted by Crippen LogP contribution is 2.14. The van der Waals surface area contributed by atoms with Gasteiger partial charge in [0.25, 0.3) is 0 Å². The smallest absolute Gasteiger partial charge is 0.175 e. The first-order chi connectivity index (χ1) is 9.38. The number of rotatable bonds is 8. The minimum absolute atomic E-state index is 0.0135. The first-order valence-electron chi connectivity index (χ1n) is 6.41. The Morgan fingerprint density at radius 1 is 1.30 bits per heavy atom. The van der Waals surface area contributed by atoms with E-state index in [0.29, 0.717) is 17.1 Å². The summed E-state index contributed by atoms with van der Waals surface area (Å²) in [4.78, 5) is 0.815. The molecule has 0 aliphatic carbocycles. The van der Waals surface area contributed by atoms with Gasteiger partial charge in [-0.2, -0.15) is 0 Å². The van der Waals surface area contributed by atoms with Crippen LogP contribution in [0, 0.1) is 0 Å². The van der Waals surface area contributed by atoms with Crippen molar-refractivity contribution in [3.63, 3.8) is 0 Å². The molecule has 7 heteroatoms. The van der Waals surface area contributed by atoms with E-state index in [9.17, 15) is 12.6 Å². The molecule has 0 heterocycles. The fraction of sp³-hybridized carbons (Fsp3) is 0.538. The van der Waals surface area contributed by atoms with Gasteiger partial charge in [-0.05, 0) is 37.2 Å². The highest BCUT2D eigenvalue weighted by Gasteiger charge is 2.14. The van der Waals surface area contributed by atoms with Gasteiger partial charge in [-0.1, -0.05) is 6.92 Å². The van der Waals surface area contributed by atoms with Crippen LogP contribution in [0.1, 0.15) is 13.3 Å². The number of hydrogen-bond acceptors (Lipinski definition) is 5. The largest absolute Gasteiger partial charge is 0.396 e. The van der Waals surface area contributed by atoms with E-state index in [2.05, 4.69) is 5.32 Å². The van der Waals surface area contributed by atoms with Crippen molar-refractivity contribution in [2.45, 2.75) is 29.2 Å². The zero-order valence-corrected chi connectivity index (χ0v) is 13.3. The maximum absolute atomic E-state index is 12.2. The molecule has 1 aromatic rings. The van der Waals surface area contributed by atoms with E-state index in [1.54, 1.807) is 12.1 Å². The second-order valence-corrected chi connectivity index (χ2v) is 8.03. The highest BCUT2D eigenvalue weighted by molar-refractivity contribution is 7.90. The Bertz CT molecular complexity index is 534. The zero-order chi connectivity index (χ0) is 15.2. The van der Waals surface area contributed by atoms with Crippen LogP contribution in [0.5, 0.6) is 0 Å². The predicted octanol–water partition coefficient (Wildman–Crippen LogP) is 0.558. The van der Waals surface area contributed by atoms with Gasteiger partial charge in [-0.3, -0.25) is 4.21 Å². The van der Waals surface area contributed by atoms with E-state index in [-0.39, 0.29) is 17.5 Å². The highest BCUT2D eigenvalue weighted by atomic mass is 32.2. The zero-order valence-electron chi connectivity index (χ0n) is 11.7. The van der Waals surface area contributed by atoms with Gasteiger partial charge >= 0.3 is 0 Å². The summed E-state index contributed by atoms with van der Waals surface area (Å²) >= 11 is 0. The SMILES string of the molecule is CCNC(CCO)CS(=O)c1ccc(S(C)(=O)=O)cc1. The molecule has 0 radical (unpaired) electrons. The van der Waals surface area contributed by atoms with Crippen molar-refractivity contribution in [1.29, 1.82) is 0 Å². The molecule has 0 fully saturated rings. The lowest BCUT2D eigenvalue weighted by Crippen LogP contribution is -2.34. The molecular weight excluding hydrogens is 298 g/mol. The van der Waals surface area contributed by atoms with Crippen LogP contribution in [-0.4, -0.2) is 48.9 Å². The molecule has 114 valence electrons. The second kappa shape index (κ2) is 7.87. The van der Waals surface area contributed by atoms with Crippen LogP contribution in [0.2, 0.25) is 0 Å².